The molecule has 0 bridgehead atoms. The molecule has 1 fully saturated rings. The van der Waals surface area contributed by atoms with E-state index < -0.39 is 11.7 Å². The van der Waals surface area contributed by atoms with E-state index in [9.17, 15) is 9.59 Å². The number of rotatable bonds is 3. The van der Waals surface area contributed by atoms with E-state index in [2.05, 4.69) is 9.97 Å². The van der Waals surface area contributed by atoms with Gasteiger partial charge in [0, 0.05) is 35.6 Å². The molecular weight excluding hydrogens is 364 g/mol. The summed E-state index contributed by atoms with van der Waals surface area (Å²) in [6.45, 7) is 2.97. The first-order valence-corrected chi connectivity index (χ1v) is 9.97. The van der Waals surface area contributed by atoms with Crippen LogP contribution in [0.5, 0.6) is 0 Å². The van der Waals surface area contributed by atoms with Crippen LogP contribution in [0.2, 0.25) is 0 Å². The third kappa shape index (κ3) is 3.01. The van der Waals surface area contributed by atoms with E-state index in [-0.39, 0.29) is 5.92 Å². The maximum absolute atomic E-state index is 13.0. The van der Waals surface area contributed by atoms with Crippen LogP contribution in [0.3, 0.4) is 0 Å². The molecule has 6 nitrogen and oxygen atoms in total. The van der Waals surface area contributed by atoms with Gasteiger partial charge in [-0.2, -0.15) is 0 Å². The third-order valence-corrected chi connectivity index (χ3v) is 5.89. The van der Waals surface area contributed by atoms with Gasteiger partial charge in [-0.3, -0.25) is 9.59 Å². The fourth-order valence-corrected chi connectivity index (χ4v) is 4.34. The Kier molecular flexibility index (Phi) is 4.19. The summed E-state index contributed by atoms with van der Waals surface area (Å²) in [7, 11) is 0. The molecule has 1 aliphatic rings. The summed E-state index contributed by atoms with van der Waals surface area (Å²) in [6, 6.07) is 15.6. The zero-order valence-electron chi connectivity index (χ0n) is 16.2. The molecule has 0 atom stereocenters. The van der Waals surface area contributed by atoms with Crippen LogP contribution in [0, 0.1) is 6.92 Å². The number of carbonyl (C=O) groups excluding carboxylic acids is 2. The van der Waals surface area contributed by atoms with Crippen molar-refractivity contribution in [2.24, 2.45) is 0 Å². The number of carbonyl (C=O) groups is 2. The van der Waals surface area contributed by atoms with Crippen molar-refractivity contribution in [2.45, 2.75) is 25.7 Å². The quantitative estimate of drug-likeness (QED) is 0.413. The second-order valence-electron chi connectivity index (χ2n) is 7.71. The molecular formula is C23H22N4O2. The predicted molar refractivity (Wildman–Crippen MR) is 112 cm³/mol. The van der Waals surface area contributed by atoms with E-state index in [4.69, 9.17) is 4.98 Å². The average Bonchev–Trinajstić information content (AvgIpc) is 3.33. The van der Waals surface area contributed by atoms with E-state index in [0.29, 0.717) is 18.7 Å². The number of benzene rings is 2. The second kappa shape index (κ2) is 6.88. The van der Waals surface area contributed by atoms with E-state index in [1.54, 1.807) is 4.90 Å². The maximum atomic E-state index is 13.0. The Morgan fingerprint density at radius 3 is 2.41 bits per heavy atom. The molecule has 0 radical (unpaired) electrons. The van der Waals surface area contributed by atoms with Gasteiger partial charge >= 0.3 is 0 Å². The van der Waals surface area contributed by atoms with Crippen molar-refractivity contribution in [3.8, 4) is 0 Å². The minimum Gasteiger partial charge on any atom is -0.358 e. The van der Waals surface area contributed by atoms with Crippen molar-refractivity contribution in [2.75, 3.05) is 13.1 Å². The van der Waals surface area contributed by atoms with Gasteiger partial charge in [0.25, 0.3) is 11.7 Å². The molecule has 0 spiro atoms. The number of amides is 1. The van der Waals surface area contributed by atoms with Gasteiger partial charge in [-0.05, 0) is 38.0 Å². The summed E-state index contributed by atoms with van der Waals surface area (Å²) in [6.07, 6.45) is 1.59. The predicted octanol–water partition coefficient (Wildman–Crippen LogP) is 3.94. The Hall–Kier alpha value is -3.41. The van der Waals surface area contributed by atoms with Crippen molar-refractivity contribution in [3.05, 3.63) is 65.6 Å². The van der Waals surface area contributed by atoms with Crippen LogP contribution in [-0.2, 0) is 4.79 Å². The van der Waals surface area contributed by atoms with E-state index >= 15 is 0 Å². The lowest BCUT2D eigenvalue weighted by Crippen LogP contribution is -2.42. The third-order valence-electron chi connectivity index (χ3n) is 5.89. The molecule has 146 valence electrons. The van der Waals surface area contributed by atoms with Crippen molar-refractivity contribution in [1.29, 1.82) is 0 Å². The number of piperidine rings is 1. The molecule has 1 amide bonds. The summed E-state index contributed by atoms with van der Waals surface area (Å²) < 4.78 is 0. The Morgan fingerprint density at radius 2 is 1.66 bits per heavy atom. The van der Waals surface area contributed by atoms with Crippen molar-refractivity contribution < 1.29 is 9.59 Å². The Morgan fingerprint density at radius 1 is 0.966 bits per heavy atom. The minimum absolute atomic E-state index is 0.274. The number of ketones is 1. The number of para-hydroxylation sites is 3. The SMILES string of the molecule is Cc1[nH]c2ccccc2c1C(=O)C(=O)N1CCC(c2nc3ccccc3[nH]2)CC1. The summed E-state index contributed by atoms with van der Waals surface area (Å²) in [5.74, 6) is 0.400. The van der Waals surface area contributed by atoms with Crippen LogP contribution in [0.15, 0.2) is 48.5 Å². The first-order valence-electron chi connectivity index (χ1n) is 9.97. The molecule has 2 aromatic carbocycles. The number of hydrogen-bond donors (Lipinski definition) is 2. The van der Waals surface area contributed by atoms with Gasteiger partial charge in [0.2, 0.25) is 0 Å². The highest BCUT2D eigenvalue weighted by atomic mass is 16.2. The van der Waals surface area contributed by atoms with Crippen LogP contribution < -0.4 is 0 Å². The minimum atomic E-state index is -0.429. The monoisotopic (exact) mass is 386 g/mol. The largest absolute Gasteiger partial charge is 0.358 e. The van der Waals surface area contributed by atoms with Crippen LogP contribution >= 0.6 is 0 Å². The van der Waals surface area contributed by atoms with Gasteiger partial charge in [-0.1, -0.05) is 30.3 Å². The van der Waals surface area contributed by atoms with Gasteiger partial charge < -0.3 is 14.9 Å². The van der Waals surface area contributed by atoms with Crippen LogP contribution in [-0.4, -0.2) is 44.6 Å². The van der Waals surface area contributed by atoms with Crippen LogP contribution in [0.25, 0.3) is 21.9 Å². The van der Waals surface area contributed by atoms with Crippen LogP contribution in [0.1, 0.15) is 40.6 Å². The smallest absolute Gasteiger partial charge is 0.295 e. The first kappa shape index (κ1) is 17.7. The molecule has 5 rings (SSSR count). The number of imidazole rings is 1. The lowest BCUT2D eigenvalue weighted by Gasteiger charge is -2.30. The highest BCUT2D eigenvalue weighted by molar-refractivity contribution is 6.45. The van der Waals surface area contributed by atoms with E-state index in [1.807, 2.05) is 55.5 Å². The molecule has 2 N–H and O–H groups in total. The number of fused-ring (bicyclic) bond motifs is 2. The van der Waals surface area contributed by atoms with E-state index in [0.717, 1.165) is 46.3 Å². The second-order valence-corrected chi connectivity index (χ2v) is 7.71. The highest BCUT2D eigenvalue weighted by Crippen LogP contribution is 2.29. The molecule has 4 aromatic rings. The number of likely N-dealkylation sites (tertiary alicyclic amines) is 1. The number of hydrogen-bond acceptors (Lipinski definition) is 3. The molecule has 1 saturated heterocycles. The number of nitrogens with zero attached hydrogens (tertiary/aromatic N) is 2. The highest BCUT2D eigenvalue weighted by Gasteiger charge is 2.31. The lowest BCUT2D eigenvalue weighted by atomic mass is 9.95. The number of aromatic amines is 2. The number of aryl methyl sites for hydroxylation is 1. The molecule has 3 heterocycles. The molecule has 0 unspecified atom stereocenters. The lowest BCUT2D eigenvalue weighted by molar-refractivity contribution is -0.127. The number of nitrogens with one attached hydrogen (secondary N) is 2. The normalized spacial score (nSPS) is 15.3. The van der Waals surface area contributed by atoms with Crippen molar-refractivity contribution in [3.63, 3.8) is 0 Å². The van der Waals surface area contributed by atoms with Gasteiger partial charge in [0.15, 0.2) is 0 Å². The molecule has 2 aromatic heterocycles. The molecule has 29 heavy (non-hydrogen) atoms. The van der Waals surface area contributed by atoms with Gasteiger partial charge in [0.05, 0.1) is 16.6 Å². The Bertz CT molecular complexity index is 1200. The molecule has 6 heteroatoms. The fourth-order valence-electron chi connectivity index (χ4n) is 4.34. The summed E-state index contributed by atoms with van der Waals surface area (Å²) in [5.41, 5.74) is 4.11. The van der Waals surface area contributed by atoms with Crippen molar-refractivity contribution in [1.82, 2.24) is 19.9 Å². The standard InChI is InChI=1S/C23H22N4O2/c1-14-20(16-6-2-3-7-17(16)24-14)21(28)23(29)27-12-10-15(11-13-27)22-25-18-8-4-5-9-19(18)26-22/h2-9,15,24H,10-13H2,1H3,(H,25,26). The summed E-state index contributed by atoms with van der Waals surface area (Å²) in [4.78, 5) is 38.9. The van der Waals surface area contributed by atoms with E-state index in [1.165, 1.54) is 0 Å². The van der Waals surface area contributed by atoms with Gasteiger partial charge in [-0.15, -0.1) is 0 Å². The zero-order valence-corrected chi connectivity index (χ0v) is 16.2. The molecule has 1 aliphatic heterocycles. The maximum Gasteiger partial charge on any atom is 0.295 e. The topological polar surface area (TPSA) is 81.8 Å². The van der Waals surface area contributed by atoms with Crippen LogP contribution in [0.4, 0.5) is 0 Å². The summed E-state index contributed by atoms with van der Waals surface area (Å²) in [5, 5.41) is 0.806. The number of H-pyrrole nitrogens is 2. The Labute approximate surface area is 167 Å². The number of Topliss-reactive ketones (excluding diaryl/α,β-unsaturated/α-hetero) is 1. The van der Waals surface area contributed by atoms with Gasteiger partial charge in [-0.25, -0.2) is 4.98 Å². The average molecular weight is 386 g/mol. The van der Waals surface area contributed by atoms with Gasteiger partial charge in [0.1, 0.15) is 5.82 Å². The van der Waals surface area contributed by atoms with Crippen molar-refractivity contribution >= 4 is 33.6 Å². The first-order chi connectivity index (χ1) is 14.1. The summed E-state index contributed by atoms with van der Waals surface area (Å²) >= 11 is 0. The fraction of sp³-hybridized carbons (Fsp3) is 0.261. The molecule has 0 aliphatic carbocycles. The Balaban J connectivity index is 1.32. The number of aromatic nitrogens is 3. The molecule has 0 saturated carbocycles. The zero-order chi connectivity index (χ0) is 20.0.